The van der Waals surface area contributed by atoms with Crippen LogP contribution in [0.4, 0.5) is 8.78 Å². The van der Waals surface area contributed by atoms with Gasteiger partial charge in [-0.1, -0.05) is 36.4 Å². The lowest BCUT2D eigenvalue weighted by molar-refractivity contribution is -0.120. The van der Waals surface area contributed by atoms with Crippen LogP contribution in [-0.2, 0) is 4.79 Å². The summed E-state index contributed by atoms with van der Waals surface area (Å²) in [5, 5.41) is 61.0. The SMILES string of the molecule is O=C(C(c1ccc(F)cc1)c1ccc(O)c(O)c1O)C(c1ccc(F)cc1)c1ccc(O)c(O)c1O. The second-order valence-corrected chi connectivity index (χ2v) is 8.11. The van der Waals surface area contributed by atoms with E-state index in [9.17, 15) is 44.2 Å². The van der Waals surface area contributed by atoms with Crippen LogP contribution in [-0.4, -0.2) is 36.4 Å². The number of carbonyl (C=O) groups is 1. The third-order valence-corrected chi connectivity index (χ3v) is 5.92. The van der Waals surface area contributed by atoms with Crippen LogP contribution in [0.25, 0.3) is 0 Å². The van der Waals surface area contributed by atoms with E-state index in [1.54, 1.807) is 0 Å². The highest BCUT2D eigenvalue weighted by Gasteiger charge is 2.36. The lowest BCUT2D eigenvalue weighted by Crippen LogP contribution is -2.23. The van der Waals surface area contributed by atoms with Crippen molar-refractivity contribution < 1.29 is 44.2 Å². The average Bonchev–Trinajstić information content (AvgIpc) is 2.86. The van der Waals surface area contributed by atoms with Gasteiger partial charge >= 0.3 is 0 Å². The van der Waals surface area contributed by atoms with Crippen molar-refractivity contribution in [1.29, 1.82) is 0 Å². The molecular formula is C27H20F2O7. The topological polar surface area (TPSA) is 138 Å². The van der Waals surface area contributed by atoms with Crippen molar-refractivity contribution in [3.05, 3.63) is 107 Å². The predicted molar refractivity (Wildman–Crippen MR) is 124 cm³/mol. The lowest BCUT2D eigenvalue weighted by atomic mass is 9.76. The van der Waals surface area contributed by atoms with Gasteiger partial charge < -0.3 is 30.6 Å². The number of benzene rings is 4. The van der Waals surface area contributed by atoms with Gasteiger partial charge in [0.2, 0.25) is 11.5 Å². The van der Waals surface area contributed by atoms with E-state index < -0.39 is 63.8 Å². The number of rotatable bonds is 6. The molecule has 0 radical (unpaired) electrons. The monoisotopic (exact) mass is 494 g/mol. The van der Waals surface area contributed by atoms with Crippen molar-refractivity contribution in [2.75, 3.05) is 0 Å². The molecule has 0 saturated carbocycles. The van der Waals surface area contributed by atoms with Crippen LogP contribution in [0, 0.1) is 11.6 Å². The second-order valence-electron chi connectivity index (χ2n) is 8.11. The fraction of sp³-hybridized carbons (Fsp3) is 0.0741. The van der Waals surface area contributed by atoms with Crippen LogP contribution in [0.5, 0.6) is 34.5 Å². The molecule has 0 heterocycles. The number of aromatic hydroxyl groups is 6. The van der Waals surface area contributed by atoms with E-state index in [1.807, 2.05) is 0 Å². The highest BCUT2D eigenvalue weighted by molar-refractivity contribution is 5.98. The largest absolute Gasteiger partial charge is 0.504 e. The Morgan fingerprint density at radius 1 is 0.500 bits per heavy atom. The van der Waals surface area contributed by atoms with Crippen LogP contribution in [0.15, 0.2) is 72.8 Å². The van der Waals surface area contributed by atoms with Gasteiger partial charge in [-0.05, 0) is 47.5 Å². The third kappa shape index (κ3) is 4.34. The van der Waals surface area contributed by atoms with Gasteiger partial charge in [0.1, 0.15) is 11.6 Å². The quantitative estimate of drug-likeness (QED) is 0.213. The standard InChI is InChI=1S/C27H20F2O7/c28-15-5-1-13(2-6-15)21(17-9-11-19(30)25(34)23(17)32)27(36)22(14-3-7-16(29)8-4-14)18-10-12-20(31)26(35)24(18)33/h1-12,21-22,30-35H. The number of ketones is 1. The first-order chi connectivity index (χ1) is 17.1. The maximum Gasteiger partial charge on any atom is 0.200 e. The number of hydrogen-bond donors (Lipinski definition) is 6. The summed E-state index contributed by atoms with van der Waals surface area (Å²) < 4.78 is 27.4. The fourth-order valence-corrected chi connectivity index (χ4v) is 4.11. The molecule has 9 heteroatoms. The van der Waals surface area contributed by atoms with Crippen LogP contribution >= 0.6 is 0 Å². The minimum atomic E-state index is -1.39. The molecule has 0 spiro atoms. The maximum absolute atomic E-state index is 14.2. The Kier molecular flexibility index (Phi) is 6.39. The molecule has 2 unspecified atom stereocenters. The molecule has 4 rings (SSSR count). The van der Waals surface area contributed by atoms with Crippen molar-refractivity contribution >= 4 is 5.78 Å². The molecule has 0 aromatic heterocycles. The van der Waals surface area contributed by atoms with E-state index in [2.05, 4.69) is 0 Å². The van der Waals surface area contributed by atoms with Gasteiger partial charge in [0.25, 0.3) is 0 Å². The third-order valence-electron chi connectivity index (χ3n) is 5.92. The van der Waals surface area contributed by atoms with Gasteiger partial charge in [0.15, 0.2) is 28.8 Å². The Morgan fingerprint density at radius 3 is 1.17 bits per heavy atom. The molecule has 4 aromatic rings. The Morgan fingerprint density at radius 2 is 0.833 bits per heavy atom. The zero-order chi connectivity index (χ0) is 26.1. The van der Waals surface area contributed by atoms with Gasteiger partial charge in [0.05, 0.1) is 11.8 Å². The Labute approximate surface area is 203 Å². The number of phenols is 6. The summed E-state index contributed by atoms with van der Waals surface area (Å²) in [4.78, 5) is 14.2. The molecule has 0 aliphatic heterocycles. The summed E-state index contributed by atoms with van der Waals surface area (Å²) in [7, 11) is 0. The van der Waals surface area contributed by atoms with Crippen LogP contribution in [0.2, 0.25) is 0 Å². The molecule has 0 bridgehead atoms. The summed E-state index contributed by atoms with van der Waals surface area (Å²) in [6.07, 6.45) is 0. The Balaban J connectivity index is 1.98. The van der Waals surface area contributed by atoms with Crippen molar-refractivity contribution in [1.82, 2.24) is 0 Å². The van der Waals surface area contributed by atoms with E-state index in [4.69, 9.17) is 0 Å². The highest BCUT2D eigenvalue weighted by atomic mass is 19.1. The maximum atomic E-state index is 14.2. The smallest absolute Gasteiger partial charge is 0.200 e. The molecule has 0 aliphatic rings. The Bertz CT molecular complexity index is 1330. The van der Waals surface area contributed by atoms with Crippen LogP contribution < -0.4 is 0 Å². The molecule has 0 fully saturated rings. The summed E-state index contributed by atoms with van der Waals surface area (Å²) in [6.45, 7) is 0. The number of halogens is 2. The van der Waals surface area contributed by atoms with Crippen molar-refractivity contribution in [2.24, 2.45) is 0 Å². The van der Waals surface area contributed by atoms with Gasteiger partial charge in [-0.25, -0.2) is 8.78 Å². The number of phenolic OH excluding ortho intramolecular Hbond substituents is 6. The molecule has 0 amide bonds. The lowest BCUT2D eigenvalue weighted by Gasteiger charge is -2.26. The van der Waals surface area contributed by atoms with Crippen molar-refractivity contribution in [2.45, 2.75) is 11.8 Å². The Hall–Kier alpha value is -4.79. The first-order valence-electron chi connectivity index (χ1n) is 10.6. The first-order valence-corrected chi connectivity index (χ1v) is 10.6. The minimum Gasteiger partial charge on any atom is -0.504 e. The van der Waals surface area contributed by atoms with Crippen molar-refractivity contribution in [3.63, 3.8) is 0 Å². The minimum absolute atomic E-state index is 0.142. The molecule has 7 nitrogen and oxygen atoms in total. The summed E-state index contributed by atoms with van der Waals surface area (Å²) in [5.74, 6) is -9.33. The van der Waals surface area contributed by atoms with E-state index in [0.29, 0.717) is 0 Å². The van der Waals surface area contributed by atoms with Gasteiger partial charge in [0, 0.05) is 11.1 Å². The summed E-state index contributed by atoms with van der Waals surface area (Å²) in [5.41, 5.74) is 0.0980. The van der Waals surface area contributed by atoms with Crippen molar-refractivity contribution in [3.8, 4) is 34.5 Å². The molecule has 0 aliphatic carbocycles. The van der Waals surface area contributed by atoms with Gasteiger partial charge in [-0.3, -0.25) is 4.79 Å². The number of Topliss-reactive ketones (excluding diaryl/α,β-unsaturated/α-hetero) is 1. The zero-order valence-corrected chi connectivity index (χ0v) is 18.4. The molecule has 4 aromatic carbocycles. The van der Waals surface area contributed by atoms with Gasteiger partial charge in [-0.15, -0.1) is 0 Å². The summed E-state index contributed by atoms with van der Waals surface area (Å²) >= 11 is 0. The molecule has 6 N–H and O–H groups in total. The van der Waals surface area contributed by atoms with Crippen LogP contribution in [0.1, 0.15) is 34.1 Å². The zero-order valence-electron chi connectivity index (χ0n) is 18.4. The molecule has 0 saturated heterocycles. The second kappa shape index (κ2) is 9.46. The first kappa shape index (κ1) is 24.3. The van der Waals surface area contributed by atoms with E-state index in [-0.39, 0.29) is 22.3 Å². The summed E-state index contributed by atoms with van der Waals surface area (Å²) in [6, 6.07) is 14.0. The normalized spacial score (nSPS) is 12.7. The van der Waals surface area contributed by atoms with E-state index in [1.165, 1.54) is 36.4 Å². The molecule has 2 atom stereocenters. The van der Waals surface area contributed by atoms with E-state index >= 15 is 0 Å². The number of carbonyl (C=O) groups excluding carboxylic acids is 1. The van der Waals surface area contributed by atoms with Crippen LogP contribution in [0.3, 0.4) is 0 Å². The average molecular weight is 494 g/mol. The molecule has 36 heavy (non-hydrogen) atoms. The predicted octanol–water partition coefficient (Wildman–Crippen LogP) is 4.73. The highest BCUT2D eigenvalue weighted by Crippen LogP contribution is 2.48. The number of hydrogen-bond acceptors (Lipinski definition) is 7. The fourth-order valence-electron chi connectivity index (χ4n) is 4.11. The van der Waals surface area contributed by atoms with Gasteiger partial charge in [-0.2, -0.15) is 0 Å². The van der Waals surface area contributed by atoms with E-state index in [0.717, 1.165) is 36.4 Å². The molecule has 184 valence electrons. The molecular weight excluding hydrogens is 474 g/mol.